The Bertz CT molecular complexity index is 1180. The number of carbonyl (C=O) groups is 2. The van der Waals surface area contributed by atoms with Crippen LogP contribution in [0.4, 0.5) is 10.5 Å². The van der Waals surface area contributed by atoms with Crippen molar-refractivity contribution in [2.75, 3.05) is 13.7 Å². The number of methoxy groups -OCH3 is 1. The number of hydrogen-bond acceptors (Lipinski definition) is 7. The van der Waals surface area contributed by atoms with Crippen LogP contribution < -0.4 is 9.47 Å². The number of non-ortho nitro benzene ring substituents is 1. The first kappa shape index (κ1) is 25.2. The number of imide groups is 1. The van der Waals surface area contributed by atoms with E-state index >= 15 is 0 Å². The van der Waals surface area contributed by atoms with E-state index in [-0.39, 0.29) is 23.4 Å². The van der Waals surface area contributed by atoms with E-state index in [9.17, 15) is 19.7 Å². The third-order valence-electron chi connectivity index (χ3n) is 6.12. The standard InChI is InChI=1S/C25H25BrN2O6S/c1-33-21-11-18(12-23-24(29)27(25(30)35-23)14-16-6-3-2-4-7-16)20(26)13-22(21)34-15-17-8-5-9-19(10-17)28(31)32/h5,8-13,16H,2-4,6-7,14-15H2,1H3/b23-12+. The summed E-state index contributed by atoms with van der Waals surface area (Å²) in [6.45, 7) is 0.598. The number of nitrogens with zero attached hydrogens (tertiary/aromatic N) is 2. The van der Waals surface area contributed by atoms with Gasteiger partial charge in [-0.15, -0.1) is 0 Å². The summed E-state index contributed by atoms with van der Waals surface area (Å²) in [6, 6.07) is 9.67. The first-order valence-electron chi connectivity index (χ1n) is 11.3. The molecule has 35 heavy (non-hydrogen) atoms. The van der Waals surface area contributed by atoms with Crippen LogP contribution in [0.1, 0.15) is 43.2 Å². The van der Waals surface area contributed by atoms with Gasteiger partial charge in [-0.2, -0.15) is 0 Å². The van der Waals surface area contributed by atoms with Gasteiger partial charge in [0.25, 0.3) is 16.8 Å². The molecule has 1 heterocycles. The third kappa shape index (κ3) is 6.05. The van der Waals surface area contributed by atoms with Crippen molar-refractivity contribution in [2.45, 2.75) is 38.7 Å². The monoisotopic (exact) mass is 560 g/mol. The molecule has 184 valence electrons. The van der Waals surface area contributed by atoms with Gasteiger partial charge < -0.3 is 9.47 Å². The Balaban J connectivity index is 1.49. The average Bonchev–Trinajstić information content (AvgIpc) is 3.12. The largest absolute Gasteiger partial charge is 0.493 e. The summed E-state index contributed by atoms with van der Waals surface area (Å²) >= 11 is 4.47. The van der Waals surface area contributed by atoms with Gasteiger partial charge in [-0.1, -0.05) is 47.3 Å². The number of amides is 2. The molecule has 0 radical (unpaired) electrons. The maximum atomic E-state index is 13.0. The van der Waals surface area contributed by atoms with E-state index < -0.39 is 4.92 Å². The van der Waals surface area contributed by atoms with Crippen LogP contribution in [0.25, 0.3) is 6.08 Å². The van der Waals surface area contributed by atoms with Crippen molar-refractivity contribution in [3.63, 3.8) is 0 Å². The lowest BCUT2D eigenvalue weighted by Crippen LogP contribution is -2.34. The number of nitro groups is 1. The molecule has 0 N–H and O–H groups in total. The highest BCUT2D eigenvalue weighted by molar-refractivity contribution is 9.10. The summed E-state index contributed by atoms with van der Waals surface area (Å²) in [5, 5.41) is 10.8. The molecule has 1 aliphatic heterocycles. The maximum absolute atomic E-state index is 13.0. The quantitative estimate of drug-likeness (QED) is 0.204. The van der Waals surface area contributed by atoms with Gasteiger partial charge in [0, 0.05) is 23.2 Å². The molecule has 0 spiro atoms. The lowest BCUT2D eigenvalue weighted by molar-refractivity contribution is -0.384. The number of hydrogen-bond donors (Lipinski definition) is 0. The van der Waals surface area contributed by atoms with Gasteiger partial charge in [0.2, 0.25) is 0 Å². The highest BCUT2D eigenvalue weighted by Gasteiger charge is 2.36. The Hall–Kier alpha value is -2.85. The Morgan fingerprint density at radius 3 is 2.66 bits per heavy atom. The average molecular weight is 561 g/mol. The molecule has 1 saturated heterocycles. The lowest BCUT2D eigenvalue weighted by atomic mass is 9.89. The number of ether oxygens (including phenoxy) is 2. The van der Waals surface area contributed by atoms with Gasteiger partial charge >= 0.3 is 0 Å². The van der Waals surface area contributed by atoms with Gasteiger partial charge in [-0.05, 0) is 59.9 Å². The molecular weight excluding hydrogens is 536 g/mol. The third-order valence-corrected chi connectivity index (χ3v) is 7.72. The van der Waals surface area contributed by atoms with E-state index in [4.69, 9.17) is 9.47 Å². The molecule has 4 rings (SSSR count). The van der Waals surface area contributed by atoms with E-state index in [2.05, 4.69) is 15.9 Å². The molecular formula is C25H25BrN2O6S. The van der Waals surface area contributed by atoms with E-state index in [1.54, 1.807) is 30.3 Å². The Labute approximate surface area is 215 Å². The SMILES string of the molecule is COc1cc(/C=C2/SC(=O)N(CC3CCCCC3)C2=O)c(Br)cc1OCc1cccc([N+](=O)[O-])c1. The number of nitro benzene ring substituents is 1. The van der Waals surface area contributed by atoms with Crippen molar-refractivity contribution in [1.29, 1.82) is 0 Å². The first-order valence-corrected chi connectivity index (χ1v) is 13.0. The summed E-state index contributed by atoms with van der Waals surface area (Å²) < 4.78 is 12.0. The van der Waals surface area contributed by atoms with Crippen LogP contribution in [0.2, 0.25) is 0 Å². The lowest BCUT2D eigenvalue weighted by Gasteiger charge is -2.25. The molecule has 2 aromatic rings. The topological polar surface area (TPSA) is 99.0 Å². The van der Waals surface area contributed by atoms with E-state index in [1.807, 2.05) is 0 Å². The predicted molar refractivity (Wildman–Crippen MR) is 137 cm³/mol. The van der Waals surface area contributed by atoms with E-state index in [1.165, 1.54) is 30.6 Å². The van der Waals surface area contributed by atoms with Crippen LogP contribution in [0.3, 0.4) is 0 Å². The number of rotatable bonds is 8. The van der Waals surface area contributed by atoms with Crippen LogP contribution in [-0.2, 0) is 11.4 Å². The van der Waals surface area contributed by atoms with Gasteiger partial charge in [-0.25, -0.2) is 0 Å². The van der Waals surface area contributed by atoms with Gasteiger partial charge in [-0.3, -0.25) is 24.6 Å². The molecule has 10 heteroatoms. The molecule has 0 unspecified atom stereocenters. The molecule has 1 aliphatic carbocycles. The van der Waals surface area contributed by atoms with E-state index in [0.29, 0.717) is 44.5 Å². The predicted octanol–water partition coefficient (Wildman–Crippen LogP) is 6.56. The van der Waals surface area contributed by atoms with Crippen LogP contribution in [0, 0.1) is 16.0 Å². The number of thioether (sulfide) groups is 1. The summed E-state index contributed by atoms with van der Waals surface area (Å²) in [5.74, 6) is 0.994. The number of benzene rings is 2. The summed E-state index contributed by atoms with van der Waals surface area (Å²) in [7, 11) is 1.51. The van der Waals surface area contributed by atoms with Crippen molar-refractivity contribution in [2.24, 2.45) is 5.92 Å². The zero-order valence-corrected chi connectivity index (χ0v) is 21.6. The van der Waals surface area contributed by atoms with Crippen molar-refractivity contribution in [3.05, 3.63) is 67.0 Å². The van der Waals surface area contributed by atoms with E-state index in [0.717, 1.165) is 37.4 Å². The van der Waals surface area contributed by atoms with Crippen LogP contribution >= 0.6 is 27.7 Å². The number of carbonyl (C=O) groups excluding carboxylic acids is 2. The molecule has 8 nitrogen and oxygen atoms in total. The molecule has 2 amide bonds. The maximum Gasteiger partial charge on any atom is 0.293 e. The first-order chi connectivity index (χ1) is 16.9. The molecule has 2 aliphatic rings. The molecule has 2 fully saturated rings. The highest BCUT2D eigenvalue weighted by atomic mass is 79.9. The Morgan fingerprint density at radius 1 is 1.17 bits per heavy atom. The molecule has 0 aromatic heterocycles. The summed E-state index contributed by atoms with van der Waals surface area (Å²) in [6.07, 6.45) is 7.32. The van der Waals surface area contributed by atoms with Gasteiger partial charge in [0.15, 0.2) is 11.5 Å². The van der Waals surface area contributed by atoms with Crippen molar-refractivity contribution < 1.29 is 24.0 Å². The van der Waals surface area contributed by atoms with Crippen LogP contribution in [0.15, 0.2) is 45.8 Å². The zero-order chi connectivity index (χ0) is 24.9. The molecule has 1 saturated carbocycles. The fraction of sp³-hybridized carbons (Fsp3) is 0.360. The van der Waals surface area contributed by atoms with Crippen LogP contribution in [-0.4, -0.2) is 34.6 Å². The van der Waals surface area contributed by atoms with Crippen molar-refractivity contribution in [3.8, 4) is 11.5 Å². The van der Waals surface area contributed by atoms with Crippen molar-refractivity contribution in [1.82, 2.24) is 4.90 Å². The van der Waals surface area contributed by atoms with Gasteiger partial charge in [0.1, 0.15) is 6.61 Å². The second kappa shape index (κ2) is 11.3. The highest BCUT2D eigenvalue weighted by Crippen LogP contribution is 2.39. The summed E-state index contributed by atoms with van der Waals surface area (Å²) in [4.78, 5) is 37.8. The smallest absolute Gasteiger partial charge is 0.293 e. The molecule has 2 aromatic carbocycles. The fourth-order valence-electron chi connectivity index (χ4n) is 4.28. The zero-order valence-electron chi connectivity index (χ0n) is 19.2. The second-order valence-corrected chi connectivity index (χ2v) is 10.4. The molecule has 0 atom stereocenters. The normalized spacial score (nSPS) is 17.8. The van der Waals surface area contributed by atoms with Gasteiger partial charge in [0.05, 0.1) is 16.9 Å². The minimum absolute atomic E-state index is 0.00738. The van der Waals surface area contributed by atoms with Crippen LogP contribution in [0.5, 0.6) is 11.5 Å². The minimum Gasteiger partial charge on any atom is -0.493 e. The van der Waals surface area contributed by atoms with Crippen molar-refractivity contribution >= 4 is 50.6 Å². The minimum atomic E-state index is -0.452. The molecule has 0 bridgehead atoms. The Kier molecular flexibility index (Phi) is 8.12. The summed E-state index contributed by atoms with van der Waals surface area (Å²) in [5.41, 5.74) is 1.31. The fourth-order valence-corrected chi connectivity index (χ4v) is 5.56. The second-order valence-electron chi connectivity index (χ2n) is 8.54. The number of halogens is 1. The Morgan fingerprint density at radius 2 is 1.94 bits per heavy atom.